The fourth-order valence-corrected chi connectivity index (χ4v) is 2.26. The van der Waals surface area contributed by atoms with Crippen molar-refractivity contribution in [2.24, 2.45) is 0 Å². The molecule has 2 rings (SSSR count). The molecule has 19 heavy (non-hydrogen) atoms. The normalized spacial score (nSPS) is 11.1. The van der Waals surface area contributed by atoms with Crippen molar-refractivity contribution >= 4 is 15.7 Å². The number of nitrogens with one attached hydrogen (secondary N) is 1. The van der Waals surface area contributed by atoms with Crippen LogP contribution in [0.15, 0.2) is 42.7 Å². The van der Waals surface area contributed by atoms with Crippen LogP contribution >= 0.6 is 0 Å². The van der Waals surface area contributed by atoms with Crippen LogP contribution in [-0.2, 0) is 10.0 Å². The molecule has 0 aliphatic carbocycles. The Balaban J connectivity index is 2.43. The van der Waals surface area contributed by atoms with E-state index in [1.54, 1.807) is 25.6 Å². The van der Waals surface area contributed by atoms with Gasteiger partial charge in [-0.15, -0.1) is 0 Å². The highest BCUT2D eigenvalue weighted by Crippen LogP contribution is 2.28. The van der Waals surface area contributed by atoms with Gasteiger partial charge in [0.1, 0.15) is 5.75 Å². The molecule has 0 atom stereocenters. The van der Waals surface area contributed by atoms with E-state index in [0.29, 0.717) is 5.69 Å². The Morgan fingerprint density at radius 2 is 1.84 bits per heavy atom. The molecule has 0 radical (unpaired) electrons. The van der Waals surface area contributed by atoms with Crippen LogP contribution in [-0.4, -0.2) is 26.8 Å². The molecule has 0 fully saturated rings. The molecular formula is C13H14N2O3S. The molecule has 0 saturated carbocycles. The van der Waals surface area contributed by atoms with Crippen molar-refractivity contribution in [1.82, 2.24) is 4.98 Å². The predicted octanol–water partition coefficient (Wildman–Crippen LogP) is 2.13. The maximum atomic E-state index is 11.3. The van der Waals surface area contributed by atoms with Crippen molar-refractivity contribution < 1.29 is 13.2 Å². The summed E-state index contributed by atoms with van der Waals surface area (Å²) in [6, 6.07) is 8.95. The lowest BCUT2D eigenvalue weighted by molar-refractivity contribution is 0.415. The summed E-state index contributed by atoms with van der Waals surface area (Å²) >= 11 is 0. The second-order valence-electron chi connectivity index (χ2n) is 4.02. The van der Waals surface area contributed by atoms with Gasteiger partial charge in [0.2, 0.25) is 10.0 Å². The minimum Gasteiger partial charge on any atom is -0.497 e. The van der Waals surface area contributed by atoms with Gasteiger partial charge in [0.05, 0.1) is 19.1 Å². The molecule has 0 saturated heterocycles. The number of pyridine rings is 1. The second-order valence-corrected chi connectivity index (χ2v) is 5.77. The summed E-state index contributed by atoms with van der Waals surface area (Å²) in [6.45, 7) is 0. The van der Waals surface area contributed by atoms with E-state index in [0.717, 1.165) is 23.1 Å². The number of hydrogen-bond donors (Lipinski definition) is 1. The Morgan fingerprint density at radius 1 is 1.16 bits per heavy atom. The zero-order valence-corrected chi connectivity index (χ0v) is 11.4. The zero-order valence-electron chi connectivity index (χ0n) is 10.6. The second kappa shape index (κ2) is 5.27. The van der Waals surface area contributed by atoms with Crippen LogP contribution in [0.2, 0.25) is 0 Å². The molecule has 1 aromatic heterocycles. The third-order valence-electron chi connectivity index (χ3n) is 2.52. The van der Waals surface area contributed by atoms with E-state index in [-0.39, 0.29) is 0 Å². The molecule has 5 nitrogen and oxygen atoms in total. The van der Waals surface area contributed by atoms with Gasteiger partial charge in [0.25, 0.3) is 0 Å². The quantitative estimate of drug-likeness (QED) is 0.930. The number of rotatable bonds is 4. The molecule has 0 bridgehead atoms. The van der Waals surface area contributed by atoms with E-state index in [1.807, 2.05) is 24.3 Å². The number of benzene rings is 1. The lowest BCUT2D eigenvalue weighted by atomic mass is 10.1. The molecule has 0 aliphatic rings. The van der Waals surface area contributed by atoms with E-state index in [4.69, 9.17) is 4.74 Å². The van der Waals surface area contributed by atoms with Gasteiger partial charge in [-0.25, -0.2) is 8.42 Å². The van der Waals surface area contributed by atoms with Crippen LogP contribution in [0.25, 0.3) is 11.1 Å². The Morgan fingerprint density at radius 3 is 2.42 bits per heavy atom. The molecule has 0 spiro atoms. The van der Waals surface area contributed by atoms with E-state index >= 15 is 0 Å². The molecule has 0 unspecified atom stereocenters. The lowest BCUT2D eigenvalue weighted by Gasteiger charge is -2.10. The molecule has 2 aromatic rings. The summed E-state index contributed by atoms with van der Waals surface area (Å²) in [5.41, 5.74) is 2.08. The molecule has 1 N–H and O–H groups in total. The van der Waals surface area contributed by atoms with Crippen molar-refractivity contribution in [2.45, 2.75) is 0 Å². The molecule has 100 valence electrons. The van der Waals surface area contributed by atoms with Gasteiger partial charge in [0, 0.05) is 18.0 Å². The van der Waals surface area contributed by atoms with Crippen LogP contribution < -0.4 is 9.46 Å². The molecular weight excluding hydrogens is 264 g/mol. The summed E-state index contributed by atoms with van der Waals surface area (Å²) in [5, 5.41) is 0. The first-order valence-corrected chi connectivity index (χ1v) is 7.45. The Labute approximate surface area is 112 Å². The van der Waals surface area contributed by atoms with E-state index in [9.17, 15) is 8.42 Å². The summed E-state index contributed by atoms with van der Waals surface area (Å²) in [4.78, 5) is 4.03. The largest absolute Gasteiger partial charge is 0.497 e. The molecule has 6 heteroatoms. The Hall–Kier alpha value is -2.08. The van der Waals surface area contributed by atoms with Crippen molar-refractivity contribution in [3.63, 3.8) is 0 Å². The summed E-state index contributed by atoms with van der Waals surface area (Å²) in [6.07, 6.45) is 4.28. The van der Waals surface area contributed by atoms with Gasteiger partial charge in [0.15, 0.2) is 0 Å². The van der Waals surface area contributed by atoms with Crippen LogP contribution in [0, 0.1) is 0 Å². The van der Waals surface area contributed by atoms with E-state index < -0.39 is 10.0 Å². The van der Waals surface area contributed by atoms with Crippen LogP contribution in [0.5, 0.6) is 5.75 Å². The minimum absolute atomic E-state index is 0.502. The van der Waals surface area contributed by atoms with Crippen LogP contribution in [0.4, 0.5) is 5.69 Å². The molecule has 1 aromatic carbocycles. The molecule has 0 aliphatic heterocycles. The van der Waals surface area contributed by atoms with Gasteiger partial charge >= 0.3 is 0 Å². The zero-order chi connectivity index (χ0) is 13.9. The predicted molar refractivity (Wildman–Crippen MR) is 74.7 cm³/mol. The van der Waals surface area contributed by atoms with Gasteiger partial charge in [-0.1, -0.05) is 12.1 Å². The maximum absolute atomic E-state index is 11.3. The standard InChI is InChI=1S/C13H14N2O3S/c1-18-11-5-3-10(4-6-11)12-9-14-8-7-13(12)15-19(2,16)17/h3-9H,1-2H3,(H,14,15). The van der Waals surface area contributed by atoms with Crippen molar-refractivity contribution in [1.29, 1.82) is 0 Å². The van der Waals surface area contributed by atoms with Gasteiger partial charge < -0.3 is 4.74 Å². The highest BCUT2D eigenvalue weighted by atomic mass is 32.2. The molecule has 0 amide bonds. The maximum Gasteiger partial charge on any atom is 0.229 e. The number of methoxy groups -OCH3 is 1. The van der Waals surface area contributed by atoms with Crippen molar-refractivity contribution in [3.05, 3.63) is 42.7 Å². The summed E-state index contributed by atoms with van der Waals surface area (Å²) in [7, 11) is -1.73. The highest BCUT2D eigenvalue weighted by Gasteiger charge is 2.09. The number of ether oxygens (including phenoxy) is 1. The first kappa shape index (κ1) is 13.4. The first-order valence-electron chi connectivity index (χ1n) is 5.56. The number of anilines is 1. The van der Waals surface area contributed by atoms with Gasteiger partial charge in [-0.2, -0.15) is 0 Å². The number of sulfonamides is 1. The van der Waals surface area contributed by atoms with Gasteiger partial charge in [-0.05, 0) is 23.8 Å². The Kier molecular flexibility index (Phi) is 3.71. The molecule has 1 heterocycles. The summed E-state index contributed by atoms with van der Waals surface area (Å²) in [5.74, 6) is 0.741. The van der Waals surface area contributed by atoms with Crippen molar-refractivity contribution in [3.8, 4) is 16.9 Å². The average molecular weight is 278 g/mol. The fourth-order valence-electron chi connectivity index (χ4n) is 1.68. The lowest BCUT2D eigenvalue weighted by Crippen LogP contribution is -2.10. The van der Waals surface area contributed by atoms with E-state index in [2.05, 4.69) is 9.71 Å². The van der Waals surface area contributed by atoms with Crippen LogP contribution in [0.1, 0.15) is 0 Å². The third-order valence-corrected chi connectivity index (χ3v) is 3.11. The topological polar surface area (TPSA) is 68.3 Å². The number of aromatic nitrogens is 1. The van der Waals surface area contributed by atoms with Gasteiger partial charge in [-0.3, -0.25) is 9.71 Å². The van der Waals surface area contributed by atoms with Crippen molar-refractivity contribution in [2.75, 3.05) is 18.1 Å². The number of hydrogen-bond acceptors (Lipinski definition) is 4. The minimum atomic E-state index is -3.32. The smallest absolute Gasteiger partial charge is 0.229 e. The van der Waals surface area contributed by atoms with Crippen LogP contribution in [0.3, 0.4) is 0 Å². The SMILES string of the molecule is COc1ccc(-c2cnccc2NS(C)(=O)=O)cc1. The van der Waals surface area contributed by atoms with E-state index in [1.165, 1.54) is 0 Å². The number of nitrogens with zero attached hydrogens (tertiary/aromatic N) is 1. The fraction of sp³-hybridized carbons (Fsp3) is 0.154. The average Bonchev–Trinajstić information content (AvgIpc) is 2.38. The highest BCUT2D eigenvalue weighted by molar-refractivity contribution is 7.92. The third kappa shape index (κ3) is 3.45. The summed E-state index contributed by atoms with van der Waals surface area (Å²) < 4.78 is 30.2. The first-order chi connectivity index (χ1) is 8.99. The Bertz CT molecular complexity index is 667. The monoisotopic (exact) mass is 278 g/mol.